The van der Waals surface area contributed by atoms with Crippen LogP contribution in [0.1, 0.15) is 51.2 Å². The monoisotopic (exact) mass is 509 g/mol. The summed E-state index contributed by atoms with van der Waals surface area (Å²) < 4.78 is 22.0. The summed E-state index contributed by atoms with van der Waals surface area (Å²) in [4.78, 5) is 41.5. The summed E-state index contributed by atoms with van der Waals surface area (Å²) in [7, 11) is 1.71. The van der Waals surface area contributed by atoms with Gasteiger partial charge in [-0.15, -0.1) is 0 Å². The third-order valence-electron chi connectivity index (χ3n) is 6.98. The van der Waals surface area contributed by atoms with Crippen molar-refractivity contribution in [2.45, 2.75) is 38.0 Å². The van der Waals surface area contributed by atoms with Crippen molar-refractivity contribution in [3.8, 4) is 5.75 Å². The molecule has 2 heterocycles. The van der Waals surface area contributed by atoms with Gasteiger partial charge in [-0.2, -0.15) is 0 Å². The fourth-order valence-corrected chi connectivity index (χ4v) is 5.10. The van der Waals surface area contributed by atoms with Crippen LogP contribution in [0.3, 0.4) is 0 Å². The molecular weight excluding hydrogens is 485 g/mol. The van der Waals surface area contributed by atoms with Crippen LogP contribution < -0.4 is 15.5 Å². The average molecular weight is 510 g/mol. The molecule has 7 nitrogen and oxygen atoms in total. The van der Waals surface area contributed by atoms with E-state index >= 15 is 0 Å². The fraction of sp³-hybridized carbons (Fsp3) is 0.296. The van der Waals surface area contributed by atoms with Gasteiger partial charge in [-0.25, -0.2) is 4.39 Å². The fourth-order valence-electron chi connectivity index (χ4n) is 4.90. The summed E-state index contributed by atoms with van der Waals surface area (Å²) >= 11 is 5.84. The van der Waals surface area contributed by atoms with Gasteiger partial charge in [0.2, 0.25) is 5.43 Å². The van der Waals surface area contributed by atoms with E-state index in [4.69, 9.17) is 16.3 Å². The molecular formula is C27H25ClFN3O4. The number of amides is 2. The van der Waals surface area contributed by atoms with Crippen molar-refractivity contribution in [1.82, 2.24) is 14.8 Å². The van der Waals surface area contributed by atoms with Crippen LogP contribution in [0.25, 0.3) is 0 Å². The zero-order valence-corrected chi connectivity index (χ0v) is 20.5. The second kappa shape index (κ2) is 9.43. The van der Waals surface area contributed by atoms with Gasteiger partial charge >= 0.3 is 0 Å². The van der Waals surface area contributed by atoms with Gasteiger partial charge in [-0.05, 0) is 30.9 Å². The Kier molecular flexibility index (Phi) is 6.30. The molecule has 9 heteroatoms. The van der Waals surface area contributed by atoms with Crippen LogP contribution in [0, 0.1) is 5.82 Å². The Balaban J connectivity index is 1.55. The maximum absolute atomic E-state index is 14.3. The van der Waals surface area contributed by atoms with E-state index in [9.17, 15) is 18.8 Å². The number of fused-ring (bicyclic) bond motifs is 2. The largest absolute Gasteiger partial charge is 0.483 e. The minimum Gasteiger partial charge on any atom is -0.483 e. The minimum atomic E-state index is -0.681. The third-order valence-corrected chi connectivity index (χ3v) is 7.27. The summed E-state index contributed by atoms with van der Waals surface area (Å²) in [5, 5.41) is 2.56. The van der Waals surface area contributed by atoms with Crippen LogP contribution in [-0.4, -0.2) is 34.9 Å². The molecule has 2 aromatic carbocycles. The Morgan fingerprint density at radius 2 is 1.89 bits per heavy atom. The summed E-state index contributed by atoms with van der Waals surface area (Å²) in [6, 6.07) is 13.8. The van der Waals surface area contributed by atoms with Gasteiger partial charge in [0.05, 0.1) is 10.6 Å². The molecule has 0 saturated heterocycles. The van der Waals surface area contributed by atoms with Crippen molar-refractivity contribution in [3.05, 3.63) is 98.2 Å². The molecule has 2 amide bonds. The average Bonchev–Trinajstić information content (AvgIpc) is 2.85. The molecule has 1 saturated carbocycles. The molecule has 2 aliphatic rings. The molecule has 0 radical (unpaired) electrons. The summed E-state index contributed by atoms with van der Waals surface area (Å²) in [6.45, 7) is 0.389. The number of ether oxygens (including phenoxy) is 1. The molecule has 3 aromatic rings. The van der Waals surface area contributed by atoms with E-state index in [2.05, 4.69) is 5.32 Å². The first-order valence-corrected chi connectivity index (χ1v) is 12.1. The number of benzene rings is 2. The van der Waals surface area contributed by atoms with E-state index in [1.165, 1.54) is 18.3 Å². The second-order valence-electron chi connectivity index (χ2n) is 9.33. The van der Waals surface area contributed by atoms with Crippen LogP contribution in [0.5, 0.6) is 5.75 Å². The Hall–Kier alpha value is -3.65. The van der Waals surface area contributed by atoms with E-state index < -0.39 is 22.7 Å². The van der Waals surface area contributed by atoms with Crippen molar-refractivity contribution in [2.75, 3.05) is 13.6 Å². The van der Waals surface area contributed by atoms with Crippen LogP contribution in [0.4, 0.5) is 4.39 Å². The Morgan fingerprint density at radius 3 is 2.58 bits per heavy atom. The highest BCUT2D eigenvalue weighted by Crippen LogP contribution is 2.44. The Morgan fingerprint density at radius 1 is 1.14 bits per heavy atom. The van der Waals surface area contributed by atoms with Gasteiger partial charge in [0.15, 0.2) is 11.4 Å². The quantitative estimate of drug-likeness (QED) is 0.542. The maximum atomic E-state index is 14.3. The van der Waals surface area contributed by atoms with Gasteiger partial charge in [0.1, 0.15) is 18.0 Å². The lowest BCUT2D eigenvalue weighted by Gasteiger charge is -2.50. The van der Waals surface area contributed by atoms with E-state index in [1.807, 2.05) is 30.3 Å². The molecule has 0 bridgehead atoms. The number of likely N-dealkylation sites (N-methyl/N-ethyl adjacent to an activating group) is 1. The number of pyridine rings is 1. The molecule has 1 fully saturated rings. The van der Waals surface area contributed by atoms with Crippen molar-refractivity contribution < 1.29 is 18.7 Å². The number of aromatic nitrogens is 1. The predicted molar refractivity (Wildman–Crippen MR) is 133 cm³/mol. The molecule has 1 aliphatic carbocycles. The number of carbonyl (C=O) groups is 2. The zero-order valence-electron chi connectivity index (χ0n) is 19.7. The second-order valence-corrected chi connectivity index (χ2v) is 9.74. The third kappa shape index (κ3) is 4.15. The first-order chi connectivity index (χ1) is 17.3. The van der Waals surface area contributed by atoms with Gasteiger partial charge < -0.3 is 19.5 Å². The van der Waals surface area contributed by atoms with Crippen LogP contribution in [0.2, 0.25) is 5.02 Å². The predicted octanol–water partition coefficient (Wildman–Crippen LogP) is 4.11. The summed E-state index contributed by atoms with van der Waals surface area (Å²) in [5.41, 5.74) is -0.0716. The summed E-state index contributed by atoms with van der Waals surface area (Å²) in [6.07, 6.45) is 4.06. The molecule has 5 rings (SSSR count). The number of nitrogens with one attached hydrogen (secondary N) is 1. The molecule has 1 spiro atoms. The first kappa shape index (κ1) is 24.1. The highest BCUT2D eigenvalue weighted by Gasteiger charge is 2.47. The Labute approximate surface area is 212 Å². The highest BCUT2D eigenvalue weighted by atomic mass is 35.5. The number of nitrogens with zero attached hydrogens (tertiary/aromatic N) is 2. The molecule has 1 N–H and O–H groups in total. The first-order valence-electron chi connectivity index (χ1n) is 11.7. The van der Waals surface area contributed by atoms with Crippen molar-refractivity contribution in [2.24, 2.45) is 0 Å². The standard InChI is InChI=1S/C27H25ClFN3O4/c1-31-16-27(11-6-12-27)32-14-19(25(34)30-13-18-9-5-10-20(28)21(18)29)23(33)24(22(32)26(31)35)36-15-17-7-3-2-4-8-17/h2-5,7-10,14H,6,11-13,15-16H2,1H3,(H,30,34). The van der Waals surface area contributed by atoms with Crippen molar-refractivity contribution in [3.63, 3.8) is 0 Å². The molecule has 0 unspecified atom stereocenters. The lowest BCUT2D eigenvalue weighted by Crippen LogP contribution is -2.57. The van der Waals surface area contributed by atoms with E-state index in [1.54, 1.807) is 22.6 Å². The number of hydrogen-bond donors (Lipinski definition) is 1. The van der Waals surface area contributed by atoms with Crippen molar-refractivity contribution in [1.29, 1.82) is 0 Å². The maximum Gasteiger partial charge on any atom is 0.274 e. The van der Waals surface area contributed by atoms with Crippen molar-refractivity contribution >= 4 is 23.4 Å². The van der Waals surface area contributed by atoms with Crippen LogP contribution in [0.15, 0.2) is 59.5 Å². The molecule has 36 heavy (non-hydrogen) atoms. The number of carbonyl (C=O) groups excluding carboxylic acids is 2. The lowest BCUT2D eigenvalue weighted by atomic mass is 9.74. The van der Waals surface area contributed by atoms with Crippen LogP contribution >= 0.6 is 11.6 Å². The topological polar surface area (TPSA) is 80.6 Å². The minimum absolute atomic E-state index is 0.0539. The number of hydrogen-bond acceptors (Lipinski definition) is 4. The molecule has 1 aliphatic heterocycles. The normalized spacial score (nSPS) is 15.9. The molecule has 0 atom stereocenters. The van der Waals surface area contributed by atoms with Gasteiger partial charge in [0.25, 0.3) is 11.8 Å². The molecule has 1 aromatic heterocycles. The SMILES string of the molecule is CN1CC2(CCC2)n2cc(C(=O)NCc3cccc(Cl)c3F)c(=O)c(OCc3ccccc3)c2C1=O. The number of rotatable bonds is 6. The van der Waals surface area contributed by atoms with Crippen LogP contribution in [-0.2, 0) is 18.7 Å². The van der Waals surface area contributed by atoms with Gasteiger partial charge in [-0.3, -0.25) is 14.4 Å². The van der Waals surface area contributed by atoms with E-state index in [0.717, 1.165) is 24.8 Å². The van der Waals surface area contributed by atoms with Gasteiger partial charge in [0, 0.05) is 31.9 Å². The Bertz CT molecular complexity index is 1400. The molecule has 186 valence electrons. The smallest absolute Gasteiger partial charge is 0.274 e. The highest BCUT2D eigenvalue weighted by molar-refractivity contribution is 6.30. The van der Waals surface area contributed by atoms with E-state index in [-0.39, 0.29) is 46.7 Å². The number of halogens is 2. The van der Waals surface area contributed by atoms with E-state index in [0.29, 0.717) is 6.54 Å². The van der Waals surface area contributed by atoms with Gasteiger partial charge in [-0.1, -0.05) is 54.1 Å². The zero-order chi connectivity index (χ0) is 25.4. The lowest BCUT2D eigenvalue weighted by molar-refractivity contribution is 0.0380. The summed E-state index contributed by atoms with van der Waals surface area (Å²) in [5.74, 6) is -1.79.